The van der Waals surface area contributed by atoms with Crippen LogP contribution in [0, 0.1) is 5.92 Å². The molecular formula is C13H22N4O. The van der Waals surface area contributed by atoms with Crippen LogP contribution in [0.25, 0.3) is 0 Å². The lowest BCUT2D eigenvalue weighted by Gasteiger charge is -2.29. The van der Waals surface area contributed by atoms with Crippen LogP contribution >= 0.6 is 0 Å². The van der Waals surface area contributed by atoms with Crippen LogP contribution in [0.5, 0.6) is 0 Å². The number of nitrogens with zero attached hydrogens (tertiary/aromatic N) is 2. The summed E-state index contributed by atoms with van der Waals surface area (Å²) in [6.45, 7) is 5.93. The van der Waals surface area contributed by atoms with Gasteiger partial charge in [-0.05, 0) is 25.2 Å². The molecule has 2 rings (SSSR count). The summed E-state index contributed by atoms with van der Waals surface area (Å²) in [6, 6.07) is 0. The van der Waals surface area contributed by atoms with Gasteiger partial charge in [0.25, 0.3) is 5.91 Å². The van der Waals surface area contributed by atoms with Gasteiger partial charge in [0.2, 0.25) is 0 Å². The highest BCUT2D eigenvalue weighted by Gasteiger charge is 2.25. The lowest BCUT2D eigenvalue weighted by Crippen LogP contribution is -2.38. The number of hydrogen-bond donors (Lipinski definition) is 2. The maximum atomic E-state index is 12.3. The monoisotopic (exact) mass is 250 g/mol. The van der Waals surface area contributed by atoms with Crippen LogP contribution in [0.15, 0.2) is 0 Å². The molecule has 0 spiro atoms. The minimum absolute atomic E-state index is 0.0296. The van der Waals surface area contributed by atoms with Crippen LogP contribution in [0.2, 0.25) is 0 Å². The lowest BCUT2D eigenvalue weighted by molar-refractivity contribution is 0.0692. The van der Waals surface area contributed by atoms with E-state index in [0.717, 1.165) is 44.5 Å². The third kappa shape index (κ3) is 2.49. The summed E-state index contributed by atoms with van der Waals surface area (Å²) in [7, 11) is 0. The highest BCUT2D eigenvalue weighted by Crippen LogP contribution is 2.21. The Morgan fingerprint density at radius 1 is 1.50 bits per heavy atom. The first-order valence-electron chi connectivity index (χ1n) is 6.75. The molecule has 0 saturated carbocycles. The predicted octanol–water partition coefficient (Wildman–Crippen LogP) is 1.82. The third-order valence-corrected chi connectivity index (χ3v) is 3.66. The molecule has 0 atom stereocenters. The molecule has 2 heterocycles. The zero-order valence-electron chi connectivity index (χ0n) is 11.2. The quantitative estimate of drug-likeness (QED) is 0.859. The Morgan fingerprint density at radius 2 is 2.17 bits per heavy atom. The average Bonchev–Trinajstić information content (AvgIpc) is 2.72. The number of likely N-dealkylation sites (tertiary alicyclic amines) is 1. The molecule has 5 heteroatoms. The van der Waals surface area contributed by atoms with Gasteiger partial charge in [0.1, 0.15) is 0 Å². The van der Waals surface area contributed by atoms with Crippen molar-refractivity contribution >= 4 is 11.6 Å². The Labute approximate surface area is 108 Å². The van der Waals surface area contributed by atoms with Gasteiger partial charge in [-0.15, -0.1) is 0 Å². The number of aromatic amines is 1. The van der Waals surface area contributed by atoms with Crippen LogP contribution in [0.1, 0.15) is 49.3 Å². The number of carbonyl (C=O) groups excluding carboxylic acids is 1. The molecule has 1 saturated heterocycles. The molecule has 100 valence electrons. The second kappa shape index (κ2) is 5.42. The number of hydrogen-bond acceptors (Lipinski definition) is 3. The van der Waals surface area contributed by atoms with Crippen molar-refractivity contribution in [1.82, 2.24) is 15.1 Å². The van der Waals surface area contributed by atoms with Gasteiger partial charge >= 0.3 is 0 Å². The molecule has 1 amide bonds. The zero-order chi connectivity index (χ0) is 13.1. The maximum absolute atomic E-state index is 12.3. The number of aromatic nitrogens is 2. The number of rotatable bonds is 3. The van der Waals surface area contributed by atoms with Crippen molar-refractivity contribution in [3.63, 3.8) is 0 Å². The molecule has 1 fully saturated rings. The predicted molar refractivity (Wildman–Crippen MR) is 71.3 cm³/mol. The second-order valence-electron chi connectivity index (χ2n) is 5.19. The number of H-pyrrole nitrogens is 1. The summed E-state index contributed by atoms with van der Waals surface area (Å²) in [5, 5.41) is 6.97. The minimum Gasteiger partial charge on any atom is -0.395 e. The van der Waals surface area contributed by atoms with Crippen molar-refractivity contribution in [1.29, 1.82) is 0 Å². The Hall–Kier alpha value is -1.52. The molecule has 0 radical (unpaired) electrons. The van der Waals surface area contributed by atoms with Gasteiger partial charge in [0.15, 0.2) is 5.69 Å². The smallest absolute Gasteiger partial charge is 0.276 e. The van der Waals surface area contributed by atoms with Crippen LogP contribution in [0.3, 0.4) is 0 Å². The normalized spacial score (nSPS) is 17.1. The Morgan fingerprint density at radius 3 is 2.78 bits per heavy atom. The van der Waals surface area contributed by atoms with Gasteiger partial charge in [-0.1, -0.05) is 20.3 Å². The average molecular weight is 250 g/mol. The second-order valence-corrected chi connectivity index (χ2v) is 5.19. The van der Waals surface area contributed by atoms with E-state index in [4.69, 9.17) is 5.73 Å². The summed E-state index contributed by atoms with van der Waals surface area (Å²) in [4.78, 5) is 14.2. The highest BCUT2D eigenvalue weighted by atomic mass is 16.2. The molecule has 0 unspecified atom stereocenters. The number of nitrogens with two attached hydrogens (primary N) is 1. The maximum Gasteiger partial charge on any atom is 0.276 e. The van der Waals surface area contributed by atoms with Crippen molar-refractivity contribution in [2.75, 3.05) is 18.8 Å². The molecule has 1 aromatic heterocycles. The van der Waals surface area contributed by atoms with E-state index in [9.17, 15) is 4.79 Å². The van der Waals surface area contributed by atoms with Crippen LogP contribution < -0.4 is 5.73 Å². The molecule has 3 N–H and O–H groups in total. The van der Waals surface area contributed by atoms with Crippen molar-refractivity contribution in [3.8, 4) is 0 Å². The van der Waals surface area contributed by atoms with Gasteiger partial charge in [-0.2, -0.15) is 5.10 Å². The van der Waals surface area contributed by atoms with E-state index < -0.39 is 0 Å². The van der Waals surface area contributed by atoms with E-state index in [1.807, 2.05) is 4.90 Å². The number of nitrogen functional groups attached to an aromatic ring is 1. The molecule has 5 nitrogen and oxygen atoms in total. The van der Waals surface area contributed by atoms with Crippen molar-refractivity contribution in [2.45, 2.75) is 39.5 Å². The van der Waals surface area contributed by atoms with E-state index in [1.165, 1.54) is 0 Å². The van der Waals surface area contributed by atoms with Crippen molar-refractivity contribution in [3.05, 3.63) is 11.4 Å². The largest absolute Gasteiger partial charge is 0.395 e. The zero-order valence-corrected chi connectivity index (χ0v) is 11.2. The fourth-order valence-corrected chi connectivity index (χ4v) is 2.35. The standard InChI is InChI=1S/C13H22N4O/c1-3-4-10-11(14)12(16-15-10)13(18)17-7-5-9(2)6-8-17/h9H,3-8,14H2,1-2H3,(H,15,16). The molecule has 0 aromatic carbocycles. The van der Waals surface area contributed by atoms with E-state index >= 15 is 0 Å². The molecule has 1 aliphatic heterocycles. The molecule has 1 aromatic rings. The fourth-order valence-electron chi connectivity index (χ4n) is 2.35. The van der Waals surface area contributed by atoms with E-state index in [0.29, 0.717) is 17.3 Å². The summed E-state index contributed by atoms with van der Waals surface area (Å²) < 4.78 is 0. The van der Waals surface area contributed by atoms with Crippen molar-refractivity contribution < 1.29 is 4.79 Å². The minimum atomic E-state index is -0.0296. The van der Waals surface area contributed by atoms with Crippen molar-refractivity contribution in [2.24, 2.45) is 5.92 Å². The van der Waals surface area contributed by atoms with E-state index in [-0.39, 0.29) is 5.91 Å². The number of aryl methyl sites for hydroxylation is 1. The van der Waals surface area contributed by atoms with Crippen LogP contribution in [-0.2, 0) is 6.42 Å². The number of piperidine rings is 1. The number of anilines is 1. The first kappa shape index (κ1) is 12.9. The van der Waals surface area contributed by atoms with Gasteiger partial charge in [-0.3, -0.25) is 9.89 Å². The van der Waals surface area contributed by atoms with E-state index in [1.54, 1.807) is 0 Å². The van der Waals surface area contributed by atoms with Gasteiger partial charge in [0.05, 0.1) is 11.4 Å². The first-order chi connectivity index (χ1) is 8.63. The Balaban J connectivity index is 2.09. The highest BCUT2D eigenvalue weighted by molar-refractivity contribution is 5.97. The fraction of sp³-hybridized carbons (Fsp3) is 0.692. The third-order valence-electron chi connectivity index (χ3n) is 3.66. The summed E-state index contributed by atoms with van der Waals surface area (Å²) >= 11 is 0. The number of nitrogens with one attached hydrogen (secondary N) is 1. The Kier molecular flexibility index (Phi) is 3.89. The SMILES string of the molecule is CCCc1[nH]nc(C(=O)N2CCC(C)CC2)c1N. The topological polar surface area (TPSA) is 75.0 Å². The molecule has 1 aliphatic rings. The first-order valence-corrected chi connectivity index (χ1v) is 6.75. The number of carbonyl (C=O) groups is 1. The Bertz CT molecular complexity index is 419. The summed E-state index contributed by atoms with van der Waals surface area (Å²) in [5.41, 5.74) is 7.79. The summed E-state index contributed by atoms with van der Waals surface area (Å²) in [6.07, 6.45) is 3.96. The molecule has 0 aliphatic carbocycles. The number of amides is 1. The van der Waals surface area contributed by atoms with E-state index in [2.05, 4.69) is 24.0 Å². The molecular weight excluding hydrogens is 228 g/mol. The molecule has 0 bridgehead atoms. The summed E-state index contributed by atoms with van der Waals surface area (Å²) in [5.74, 6) is 0.680. The molecule has 18 heavy (non-hydrogen) atoms. The van der Waals surface area contributed by atoms with Crippen LogP contribution in [-0.4, -0.2) is 34.1 Å². The lowest BCUT2D eigenvalue weighted by atomic mass is 9.99. The van der Waals surface area contributed by atoms with Gasteiger partial charge < -0.3 is 10.6 Å². The van der Waals surface area contributed by atoms with Gasteiger partial charge in [0, 0.05) is 13.1 Å². The van der Waals surface area contributed by atoms with Crippen LogP contribution in [0.4, 0.5) is 5.69 Å². The van der Waals surface area contributed by atoms with Gasteiger partial charge in [-0.25, -0.2) is 0 Å².